The normalized spacial score (nSPS) is 23.1. The van der Waals surface area contributed by atoms with Gasteiger partial charge in [-0.1, -0.05) is 42.5 Å². The largest absolute Gasteiger partial charge is 0.497 e. The maximum absolute atomic E-state index is 14.8. The Labute approximate surface area is 242 Å². The van der Waals surface area contributed by atoms with E-state index in [1.807, 2.05) is 65.7 Å². The molecule has 0 unspecified atom stereocenters. The van der Waals surface area contributed by atoms with Gasteiger partial charge < -0.3 is 19.7 Å². The topological polar surface area (TPSA) is 97.8 Å². The Balaban J connectivity index is 1.53. The van der Waals surface area contributed by atoms with Crippen LogP contribution < -0.4 is 14.8 Å². The first-order valence-electron chi connectivity index (χ1n) is 13.7. The van der Waals surface area contributed by atoms with Gasteiger partial charge in [-0.3, -0.25) is 19.4 Å². The molecule has 3 aliphatic rings. The van der Waals surface area contributed by atoms with Crippen LogP contribution in [0.25, 0.3) is 6.08 Å². The smallest absolute Gasteiger partial charge is 0.238 e. The van der Waals surface area contributed by atoms with Crippen molar-refractivity contribution >= 4 is 29.2 Å². The summed E-state index contributed by atoms with van der Waals surface area (Å²) in [7, 11) is 3.03. The van der Waals surface area contributed by atoms with Gasteiger partial charge in [-0.15, -0.1) is 0 Å². The summed E-state index contributed by atoms with van der Waals surface area (Å²) >= 11 is 0. The number of hydrogen-bond donors (Lipinski definition) is 1. The number of pyridine rings is 1. The van der Waals surface area contributed by atoms with E-state index in [4.69, 9.17) is 9.47 Å². The van der Waals surface area contributed by atoms with E-state index in [1.165, 1.54) is 14.2 Å². The lowest BCUT2D eigenvalue weighted by molar-refractivity contribution is -0.122. The highest BCUT2D eigenvalue weighted by Gasteiger charge is 2.70. The summed E-state index contributed by atoms with van der Waals surface area (Å²) in [6.45, 7) is 0. The van der Waals surface area contributed by atoms with Gasteiger partial charge >= 0.3 is 0 Å². The molecule has 3 aliphatic heterocycles. The molecule has 0 bridgehead atoms. The second kappa shape index (κ2) is 9.69. The standard InChI is InChI=1S/C34H27N3O5/c1-41-22-11-12-24(27(19-22)42-2)31(39)29-28(30(38)21-13-16-35-17-14-21)34(25-9-5-6-10-26(25)36-33(34)40)32-23-8-4-3-7-20(23)15-18-37(29)32/h3-19,28-29,32H,1-2H3,(H,36,40)/t28-,29+,32+,34-/m0/s1. The molecule has 1 aromatic heterocycles. The summed E-state index contributed by atoms with van der Waals surface area (Å²) in [6, 6.07) is 21.9. The molecule has 7 rings (SSSR count). The number of amides is 1. The number of ether oxygens (including phenoxy) is 2. The molecule has 0 radical (unpaired) electrons. The van der Waals surface area contributed by atoms with Crippen LogP contribution in [0.1, 0.15) is 43.4 Å². The van der Waals surface area contributed by atoms with E-state index in [2.05, 4.69) is 10.3 Å². The summed E-state index contributed by atoms with van der Waals surface area (Å²) in [6.07, 6.45) is 6.87. The number of aromatic nitrogens is 1. The molecule has 4 aromatic rings. The predicted octanol–water partition coefficient (Wildman–Crippen LogP) is 5.08. The number of hydrogen-bond acceptors (Lipinski definition) is 7. The Morgan fingerprint density at radius 1 is 0.905 bits per heavy atom. The summed E-state index contributed by atoms with van der Waals surface area (Å²) in [5.41, 5.74) is 2.40. The summed E-state index contributed by atoms with van der Waals surface area (Å²) in [4.78, 5) is 50.1. The average Bonchev–Trinajstić information content (AvgIpc) is 3.52. The summed E-state index contributed by atoms with van der Waals surface area (Å²) in [5.74, 6) is -1.17. The zero-order valence-corrected chi connectivity index (χ0v) is 23.0. The van der Waals surface area contributed by atoms with Crippen molar-refractivity contribution in [2.45, 2.75) is 17.5 Å². The number of nitrogens with one attached hydrogen (secondary N) is 1. The minimum Gasteiger partial charge on any atom is -0.497 e. The number of methoxy groups -OCH3 is 2. The lowest BCUT2D eigenvalue weighted by Gasteiger charge is -2.38. The molecule has 3 aromatic carbocycles. The molecule has 1 amide bonds. The van der Waals surface area contributed by atoms with Gasteiger partial charge in [0.25, 0.3) is 0 Å². The van der Waals surface area contributed by atoms with Crippen LogP contribution >= 0.6 is 0 Å². The van der Waals surface area contributed by atoms with E-state index >= 15 is 0 Å². The monoisotopic (exact) mass is 557 g/mol. The highest BCUT2D eigenvalue weighted by molar-refractivity contribution is 6.17. The van der Waals surface area contributed by atoms with E-state index in [1.54, 1.807) is 42.7 Å². The van der Waals surface area contributed by atoms with Crippen LogP contribution in [0.3, 0.4) is 0 Å². The van der Waals surface area contributed by atoms with Crippen molar-refractivity contribution in [2.24, 2.45) is 5.92 Å². The third-order valence-electron chi connectivity index (χ3n) is 8.76. The Kier molecular flexibility index (Phi) is 5.93. The van der Waals surface area contributed by atoms with E-state index in [0.717, 1.165) is 11.1 Å². The molecular formula is C34H27N3O5. The lowest BCUT2D eigenvalue weighted by atomic mass is 9.62. The molecule has 8 heteroatoms. The molecule has 0 aliphatic carbocycles. The number of para-hydroxylation sites is 1. The number of rotatable bonds is 6. The van der Waals surface area contributed by atoms with Crippen molar-refractivity contribution in [3.63, 3.8) is 0 Å². The highest BCUT2D eigenvalue weighted by atomic mass is 16.5. The average molecular weight is 558 g/mol. The van der Waals surface area contributed by atoms with Gasteiger partial charge in [0.1, 0.15) is 23.0 Å². The van der Waals surface area contributed by atoms with Gasteiger partial charge in [-0.2, -0.15) is 0 Å². The number of anilines is 1. The number of carbonyl (C=O) groups excluding carboxylic acids is 3. The second-order valence-electron chi connectivity index (χ2n) is 10.6. The molecule has 42 heavy (non-hydrogen) atoms. The number of fused-ring (bicyclic) bond motifs is 6. The minimum absolute atomic E-state index is 0.297. The molecule has 1 spiro atoms. The molecule has 4 atom stereocenters. The number of carbonyl (C=O) groups is 3. The Morgan fingerprint density at radius 2 is 1.67 bits per heavy atom. The van der Waals surface area contributed by atoms with Crippen molar-refractivity contribution in [3.05, 3.63) is 125 Å². The SMILES string of the molecule is COc1ccc(C(=O)[C@H]2[C@@H](C(=O)c3ccncc3)[C@]3(C(=O)Nc4ccccc43)[C@H]3c4ccccc4C=CN23)c(OC)c1. The zero-order chi connectivity index (χ0) is 29.0. The van der Waals surface area contributed by atoms with Crippen molar-refractivity contribution in [3.8, 4) is 11.5 Å². The van der Waals surface area contributed by atoms with Crippen molar-refractivity contribution in [1.82, 2.24) is 9.88 Å². The molecule has 0 saturated carbocycles. The molecule has 4 heterocycles. The maximum atomic E-state index is 14.8. The van der Waals surface area contributed by atoms with Crippen LogP contribution in [0.4, 0.5) is 5.69 Å². The fraction of sp³-hybridized carbons (Fsp3) is 0.176. The van der Waals surface area contributed by atoms with Crippen molar-refractivity contribution < 1.29 is 23.9 Å². The number of benzene rings is 3. The minimum atomic E-state index is -1.40. The van der Waals surface area contributed by atoms with Crippen LogP contribution in [0.5, 0.6) is 11.5 Å². The molecule has 1 N–H and O–H groups in total. The summed E-state index contributed by atoms with van der Waals surface area (Å²) < 4.78 is 11.0. The number of Topliss-reactive ketones (excluding diaryl/α,β-unsaturated/α-hetero) is 2. The fourth-order valence-electron chi connectivity index (χ4n) is 7.02. The van der Waals surface area contributed by atoms with E-state index in [9.17, 15) is 14.4 Å². The third kappa shape index (κ3) is 3.48. The van der Waals surface area contributed by atoms with Crippen LogP contribution in [0.15, 0.2) is 97.5 Å². The maximum Gasteiger partial charge on any atom is 0.238 e. The molecule has 208 valence electrons. The first-order chi connectivity index (χ1) is 20.5. The van der Waals surface area contributed by atoms with Crippen LogP contribution in [-0.2, 0) is 10.2 Å². The molecule has 8 nitrogen and oxygen atoms in total. The Morgan fingerprint density at radius 3 is 2.45 bits per heavy atom. The quantitative estimate of drug-likeness (QED) is 0.330. The molecule has 1 fully saturated rings. The first kappa shape index (κ1) is 25.7. The van der Waals surface area contributed by atoms with Crippen molar-refractivity contribution in [2.75, 3.05) is 19.5 Å². The van der Waals surface area contributed by atoms with E-state index in [0.29, 0.717) is 33.9 Å². The predicted molar refractivity (Wildman–Crippen MR) is 157 cm³/mol. The van der Waals surface area contributed by atoms with Gasteiger partial charge in [0.05, 0.1) is 31.7 Å². The highest BCUT2D eigenvalue weighted by Crippen LogP contribution is 2.62. The van der Waals surface area contributed by atoms with Crippen molar-refractivity contribution in [1.29, 1.82) is 0 Å². The number of ketones is 2. The van der Waals surface area contributed by atoms with Crippen LogP contribution in [0, 0.1) is 5.92 Å². The Bertz CT molecular complexity index is 1790. The number of nitrogens with zero attached hydrogens (tertiary/aromatic N) is 2. The van der Waals surface area contributed by atoms with Crippen LogP contribution in [-0.4, -0.2) is 47.6 Å². The van der Waals surface area contributed by atoms with Gasteiger partial charge in [0.2, 0.25) is 5.91 Å². The lowest BCUT2D eigenvalue weighted by Crippen LogP contribution is -2.49. The third-order valence-corrected chi connectivity index (χ3v) is 8.76. The van der Waals surface area contributed by atoms with E-state index < -0.39 is 23.4 Å². The summed E-state index contributed by atoms with van der Waals surface area (Å²) in [5, 5.41) is 3.06. The molecule has 1 saturated heterocycles. The Hall–Kier alpha value is -5.24. The van der Waals surface area contributed by atoms with Gasteiger partial charge in [0.15, 0.2) is 11.6 Å². The molecular weight excluding hydrogens is 530 g/mol. The van der Waals surface area contributed by atoms with Gasteiger partial charge in [0, 0.05) is 35.9 Å². The fourth-order valence-corrected chi connectivity index (χ4v) is 7.02. The van der Waals surface area contributed by atoms with Crippen LogP contribution in [0.2, 0.25) is 0 Å². The van der Waals surface area contributed by atoms with Gasteiger partial charge in [-0.05, 0) is 53.1 Å². The van der Waals surface area contributed by atoms with E-state index in [-0.39, 0.29) is 17.5 Å². The zero-order valence-electron chi connectivity index (χ0n) is 23.0. The second-order valence-corrected chi connectivity index (χ2v) is 10.6. The van der Waals surface area contributed by atoms with Gasteiger partial charge in [-0.25, -0.2) is 0 Å². The first-order valence-corrected chi connectivity index (χ1v) is 13.7.